The minimum absolute atomic E-state index is 0. The molecule has 1 aliphatic heterocycles. The first-order valence-corrected chi connectivity index (χ1v) is 8.00. The molecule has 124 valence electrons. The summed E-state index contributed by atoms with van der Waals surface area (Å²) < 4.78 is 6.03. The molecule has 5 heteroatoms. The lowest BCUT2D eigenvalue weighted by atomic mass is 9.78. The van der Waals surface area contributed by atoms with Gasteiger partial charge in [-0.05, 0) is 30.6 Å². The van der Waals surface area contributed by atoms with Crippen LogP contribution in [0.3, 0.4) is 0 Å². The average Bonchev–Trinajstić information content (AvgIpc) is 3.09. The van der Waals surface area contributed by atoms with Crippen LogP contribution in [0.15, 0.2) is 4.99 Å². The third-order valence-corrected chi connectivity index (χ3v) is 4.49. The summed E-state index contributed by atoms with van der Waals surface area (Å²) in [4.78, 5) is 4.33. The van der Waals surface area contributed by atoms with Gasteiger partial charge in [0.1, 0.15) is 0 Å². The molecule has 4 atom stereocenters. The lowest BCUT2D eigenvalue weighted by Gasteiger charge is -2.40. The van der Waals surface area contributed by atoms with Crippen molar-refractivity contribution in [1.29, 1.82) is 0 Å². The number of rotatable bonds is 3. The van der Waals surface area contributed by atoms with Crippen molar-refractivity contribution in [3.8, 4) is 0 Å². The number of aliphatic imine (C=N–C) groups is 1. The molecule has 1 saturated carbocycles. The molecule has 0 aromatic rings. The van der Waals surface area contributed by atoms with E-state index in [9.17, 15) is 0 Å². The molecule has 21 heavy (non-hydrogen) atoms. The molecule has 2 fully saturated rings. The SMILES string of the molecule is CN=C(NCC1CCCOC1C(C)(C)C)NC1CC1C.I. The first kappa shape index (κ1) is 19.0. The fourth-order valence-electron chi connectivity index (χ4n) is 3.13. The second-order valence-electron chi connectivity index (χ2n) is 7.48. The van der Waals surface area contributed by atoms with Crippen LogP contribution in [0.25, 0.3) is 0 Å². The third kappa shape index (κ3) is 5.58. The van der Waals surface area contributed by atoms with E-state index in [1.54, 1.807) is 0 Å². The highest BCUT2D eigenvalue weighted by Crippen LogP contribution is 2.33. The fourth-order valence-corrected chi connectivity index (χ4v) is 3.13. The number of nitrogens with zero attached hydrogens (tertiary/aromatic N) is 1. The average molecular weight is 409 g/mol. The van der Waals surface area contributed by atoms with E-state index in [1.165, 1.54) is 19.3 Å². The van der Waals surface area contributed by atoms with Gasteiger partial charge in [-0.1, -0.05) is 27.7 Å². The van der Waals surface area contributed by atoms with Crippen molar-refractivity contribution in [2.75, 3.05) is 20.2 Å². The van der Waals surface area contributed by atoms with Crippen LogP contribution in [0.1, 0.15) is 47.0 Å². The van der Waals surface area contributed by atoms with Crippen LogP contribution in [0.2, 0.25) is 0 Å². The molecular formula is C16H32IN3O. The maximum absolute atomic E-state index is 6.03. The van der Waals surface area contributed by atoms with E-state index in [1.807, 2.05) is 7.05 Å². The quantitative estimate of drug-likeness (QED) is 0.428. The Balaban J connectivity index is 0.00000220. The highest BCUT2D eigenvalue weighted by molar-refractivity contribution is 14.0. The summed E-state index contributed by atoms with van der Waals surface area (Å²) in [6.07, 6.45) is 4.01. The molecule has 2 rings (SSSR count). The molecule has 0 aromatic heterocycles. The molecule has 0 amide bonds. The van der Waals surface area contributed by atoms with Crippen LogP contribution in [-0.4, -0.2) is 38.3 Å². The summed E-state index contributed by atoms with van der Waals surface area (Å²) in [6.45, 7) is 10.9. The fraction of sp³-hybridized carbons (Fsp3) is 0.938. The summed E-state index contributed by atoms with van der Waals surface area (Å²) in [5, 5.41) is 6.97. The Kier molecular flexibility index (Phi) is 7.24. The first-order valence-electron chi connectivity index (χ1n) is 8.00. The summed E-state index contributed by atoms with van der Waals surface area (Å²) in [7, 11) is 1.85. The zero-order valence-corrected chi connectivity index (χ0v) is 16.4. The number of hydrogen-bond acceptors (Lipinski definition) is 2. The van der Waals surface area contributed by atoms with Crippen LogP contribution >= 0.6 is 24.0 Å². The standard InChI is InChI=1S/C16H31N3O.HI/c1-11-9-13(11)19-15(17-5)18-10-12-7-6-8-20-14(12)16(2,3)4;/h11-14H,6-10H2,1-5H3,(H2,17,18,19);1H. The Morgan fingerprint density at radius 3 is 2.52 bits per heavy atom. The second-order valence-corrected chi connectivity index (χ2v) is 7.48. The van der Waals surface area contributed by atoms with Crippen molar-refractivity contribution >= 4 is 29.9 Å². The predicted molar refractivity (Wildman–Crippen MR) is 99.4 cm³/mol. The normalized spacial score (nSPS) is 33.1. The minimum Gasteiger partial charge on any atom is -0.377 e. The van der Waals surface area contributed by atoms with Crippen molar-refractivity contribution in [3.05, 3.63) is 0 Å². The smallest absolute Gasteiger partial charge is 0.191 e. The summed E-state index contributed by atoms with van der Waals surface area (Å²) in [5.41, 5.74) is 0.203. The molecule has 2 aliphatic rings. The van der Waals surface area contributed by atoms with Gasteiger partial charge in [0, 0.05) is 32.2 Å². The van der Waals surface area contributed by atoms with E-state index >= 15 is 0 Å². The topological polar surface area (TPSA) is 45.7 Å². The lowest BCUT2D eigenvalue weighted by Crippen LogP contribution is -2.48. The third-order valence-electron chi connectivity index (χ3n) is 4.49. The molecule has 0 aromatic carbocycles. The van der Waals surface area contributed by atoms with Crippen molar-refractivity contribution in [2.24, 2.45) is 22.2 Å². The monoisotopic (exact) mass is 409 g/mol. The molecule has 0 spiro atoms. The van der Waals surface area contributed by atoms with Gasteiger partial charge in [0.15, 0.2) is 5.96 Å². The van der Waals surface area contributed by atoms with Crippen LogP contribution in [-0.2, 0) is 4.74 Å². The van der Waals surface area contributed by atoms with E-state index in [2.05, 4.69) is 43.3 Å². The Labute approximate surface area is 146 Å². The number of ether oxygens (including phenoxy) is 1. The predicted octanol–water partition coefficient (Wildman–Crippen LogP) is 3.02. The van der Waals surface area contributed by atoms with Gasteiger partial charge in [-0.25, -0.2) is 0 Å². The van der Waals surface area contributed by atoms with Crippen LogP contribution < -0.4 is 10.6 Å². The maximum Gasteiger partial charge on any atom is 0.191 e. The summed E-state index contributed by atoms with van der Waals surface area (Å²) in [6, 6.07) is 0.613. The zero-order chi connectivity index (χ0) is 14.8. The molecule has 2 N–H and O–H groups in total. The van der Waals surface area contributed by atoms with Crippen LogP contribution in [0.4, 0.5) is 0 Å². The lowest BCUT2D eigenvalue weighted by molar-refractivity contribution is -0.0835. The molecule has 0 bridgehead atoms. The molecule has 1 heterocycles. The Morgan fingerprint density at radius 1 is 1.33 bits per heavy atom. The van der Waals surface area contributed by atoms with Crippen LogP contribution in [0.5, 0.6) is 0 Å². The van der Waals surface area contributed by atoms with E-state index in [0.717, 1.165) is 25.0 Å². The largest absolute Gasteiger partial charge is 0.377 e. The van der Waals surface area contributed by atoms with E-state index < -0.39 is 0 Å². The molecule has 4 nitrogen and oxygen atoms in total. The number of halogens is 1. The zero-order valence-electron chi connectivity index (χ0n) is 14.1. The van der Waals surface area contributed by atoms with Crippen molar-refractivity contribution in [3.63, 3.8) is 0 Å². The van der Waals surface area contributed by atoms with E-state index in [-0.39, 0.29) is 29.4 Å². The van der Waals surface area contributed by atoms with Gasteiger partial charge in [-0.2, -0.15) is 0 Å². The van der Waals surface area contributed by atoms with Gasteiger partial charge >= 0.3 is 0 Å². The van der Waals surface area contributed by atoms with Gasteiger partial charge < -0.3 is 15.4 Å². The Hall–Kier alpha value is -0.0400. The van der Waals surface area contributed by atoms with Crippen molar-refractivity contribution < 1.29 is 4.74 Å². The van der Waals surface area contributed by atoms with Gasteiger partial charge in [-0.3, -0.25) is 4.99 Å². The van der Waals surface area contributed by atoms with E-state index in [4.69, 9.17) is 4.74 Å². The molecule has 1 aliphatic carbocycles. The summed E-state index contributed by atoms with van der Waals surface area (Å²) >= 11 is 0. The second kappa shape index (κ2) is 7.99. The van der Waals surface area contributed by atoms with Gasteiger partial charge in [-0.15, -0.1) is 24.0 Å². The van der Waals surface area contributed by atoms with Gasteiger partial charge in [0.2, 0.25) is 0 Å². The van der Waals surface area contributed by atoms with Crippen molar-refractivity contribution in [1.82, 2.24) is 10.6 Å². The molecule has 0 radical (unpaired) electrons. The van der Waals surface area contributed by atoms with Crippen molar-refractivity contribution in [2.45, 2.75) is 59.1 Å². The van der Waals surface area contributed by atoms with E-state index in [0.29, 0.717) is 18.1 Å². The first-order chi connectivity index (χ1) is 9.41. The summed E-state index contributed by atoms with van der Waals surface area (Å²) in [5.74, 6) is 2.30. The highest BCUT2D eigenvalue weighted by Gasteiger charge is 2.36. The Bertz CT molecular complexity index is 354. The Morgan fingerprint density at radius 2 is 2.00 bits per heavy atom. The molecule has 4 unspecified atom stereocenters. The number of hydrogen-bond donors (Lipinski definition) is 2. The number of nitrogens with one attached hydrogen (secondary N) is 2. The van der Waals surface area contributed by atoms with Gasteiger partial charge in [0.05, 0.1) is 6.10 Å². The van der Waals surface area contributed by atoms with Gasteiger partial charge in [0.25, 0.3) is 0 Å². The molecule has 1 saturated heterocycles. The minimum atomic E-state index is 0. The maximum atomic E-state index is 6.03. The van der Waals surface area contributed by atoms with Crippen LogP contribution in [0, 0.1) is 17.3 Å². The number of guanidine groups is 1. The highest BCUT2D eigenvalue weighted by atomic mass is 127. The molecular weight excluding hydrogens is 377 g/mol.